The molecule has 0 saturated carbocycles. The standard InChI is InChI=1S/C14H8Cl3F6N3O4S/c15-6-1-8(17)9(2-7(6)16)26-31(27,28)10-11(29-3-13(18,19)20)24-5-25-12(10)30-4-14(21,22)23/h1-2,5,26H,3-4H2. The Morgan fingerprint density at radius 3 is 1.74 bits per heavy atom. The third-order valence-corrected chi connectivity index (χ3v) is 5.42. The number of halogens is 9. The SMILES string of the molecule is O=S(=O)(Nc1cc(Cl)c(Cl)cc1Cl)c1c(OCC(F)(F)F)ncnc1OCC(F)(F)F. The second kappa shape index (κ2) is 9.30. The molecule has 17 heteroatoms. The molecule has 0 atom stereocenters. The van der Waals surface area contributed by atoms with Gasteiger partial charge in [-0.05, 0) is 12.1 Å². The third-order valence-electron chi connectivity index (χ3n) is 3.01. The molecule has 0 radical (unpaired) electrons. The zero-order valence-corrected chi connectivity index (χ0v) is 17.6. The number of anilines is 1. The Hall–Kier alpha value is -1.90. The summed E-state index contributed by atoms with van der Waals surface area (Å²) < 4.78 is 111. The Morgan fingerprint density at radius 1 is 0.839 bits per heavy atom. The fraction of sp³-hybridized carbons (Fsp3) is 0.286. The molecule has 0 unspecified atom stereocenters. The first kappa shape index (κ1) is 25.4. The van der Waals surface area contributed by atoms with E-state index >= 15 is 0 Å². The van der Waals surface area contributed by atoms with E-state index in [0.717, 1.165) is 12.1 Å². The second-order valence-corrected chi connectivity index (χ2v) is 8.31. The van der Waals surface area contributed by atoms with Gasteiger partial charge in [-0.3, -0.25) is 4.72 Å². The van der Waals surface area contributed by atoms with Crippen molar-refractivity contribution in [1.82, 2.24) is 9.97 Å². The first-order valence-corrected chi connectivity index (χ1v) is 10.1. The molecule has 1 N–H and O–H groups in total. The minimum atomic E-state index is -5.01. The summed E-state index contributed by atoms with van der Waals surface area (Å²) in [6, 6.07) is 2.01. The number of alkyl halides is 6. The lowest BCUT2D eigenvalue weighted by molar-refractivity contribution is -0.155. The van der Waals surface area contributed by atoms with Crippen molar-refractivity contribution in [2.45, 2.75) is 17.2 Å². The predicted molar refractivity (Wildman–Crippen MR) is 97.4 cm³/mol. The third kappa shape index (κ3) is 7.33. The molecule has 2 rings (SSSR count). The van der Waals surface area contributed by atoms with Gasteiger partial charge >= 0.3 is 12.4 Å². The van der Waals surface area contributed by atoms with E-state index in [0.29, 0.717) is 6.33 Å². The maximum absolute atomic E-state index is 12.8. The van der Waals surface area contributed by atoms with Crippen LogP contribution in [0, 0.1) is 0 Å². The van der Waals surface area contributed by atoms with E-state index in [1.807, 2.05) is 4.72 Å². The maximum atomic E-state index is 12.8. The van der Waals surface area contributed by atoms with Crippen LogP contribution in [0.5, 0.6) is 11.8 Å². The molecule has 0 aliphatic carbocycles. The van der Waals surface area contributed by atoms with Crippen LogP contribution in [-0.4, -0.2) is 44.0 Å². The predicted octanol–water partition coefficient (Wildman–Crippen LogP) is 5.12. The molecule has 0 spiro atoms. The number of rotatable bonds is 7. The molecule has 1 aromatic heterocycles. The fourth-order valence-corrected chi connectivity index (χ4v) is 3.77. The van der Waals surface area contributed by atoms with Gasteiger partial charge in [0.25, 0.3) is 10.0 Å². The molecule has 0 aliphatic rings. The summed E-state index contributed by atoms with van der Waals surface area (Å²) in [4.78, 5) is 5.18. The van der Waals surface area contributed by atoms with Crippen LogP contribution in [-0.2, 0) is 10.0 Å². The van der Waals surface area contributed by atoms with E-state index in [-0.39, 0.29) is 15.1 Å². The smallest absolute Gasteiger partial charge is 0.422 e. The number of ether oxygens (including phenoxy) is 2. The van der Waals surface area contributed by atoms with Gasteiger partial charge < -0.3 is 9.47 Å². The minimum absolute atomic E-state index is 0.0546. The van der Waals surface area contributed by atoms with Crippen LogP contribution in [0.1, 0.15) is 0 Å². The fourth-order valence-electron chi connectivity index (χ4n) is 1.87. The second-order valence-electron chi connectivity index (χ2n) is 5.47. The molecule has 2 aromatic rings. The maximum Gasteiger partial charge on any atom is 0.422 e. The van der Waals surface area contributed by atoms with Crippen LogP contribution >= 0.6 is 34.8 Å². The van der Waals surface area contributed by atoms with Crippen LogP contribution in [0.4, 0.5) is 32.0 Å². The van der Waals surface area contributed by atoms with Crippen molar-refractivity contribution in [3.8, 4) is 11.8 Å². The number of benzene rings is 1. The average molecular weight is 535 g/mol. The number of nitrogens with zero attached hydrogens (tertiary/aromatic N) is 2. The van der Waals surface area contributed by atoms with Crippen molar-refractivity contribution in [2.24, 2.45) is 0 Å². The summed E-state index contributed by atoms with van der Waals surface area (Å²) in [6.07, 6.45) is -9.37. The first-order valence-electron chi connectivity index (χ1n) is 7.50. The number of aromatic nitrogens is 2. The largest absolute Gasteiger partial charge is 0.467 e. The quantitative estimate of drug-likeness (QED) is 0.392. The molecule has 0 amide bonds. The van der Waals surface area contributed by atoms with Gasteiger partial charge in [-0.25, -0.2) is 18.4 Å². The van der Waals surface area contributed by atoms with Crippen molar-refractivity contribution in [3.05, 3.63) is 33.5 Å². The molecule has 172 valence electrons. The topological polar surface area (TPSA) is 90.4 Å². The Bertz CT molecular complexity index is 1030. The number of sulfonamides is 1. The van der Waals surface area contributed by atoms with Gasteiger partial charge in [-0.2, -0.15) is 26.3 Å². The van der Waals surface area contributed by atoms with E-state index in [1.165, 1.54) is 0 Å². The molecular formula is C14H8Cl3F6N3O4S. The molecule has 0 fully saturated rings. The van der Waals surface area contributed by atoms with Crippen LogP contribution < -0.4 is 14.2 Å². The highest BCUT2D eigenvalue weighted by atomic mass is 35.5. The molecule has 31 heavy (non-hydrogen) atoms. The van der Waals surface area contributed by atoms with Gasteiger partial charge in [0.2, 0.25) is 16.7 Å². The van der Waals surface area contributed by atoms with E-state index < -0.39 is 57.9 Å². The summed E-state index contributed by atoms with van der Waals surface area (Å²) in [5.41, 5.74) is -0.400. The highest BCUT2D eigenvalue weighted by molar-refractivity contribution is 7.93. The molecule has 7 nitrogen and oxygen atoms in total. The number of hydrogen-bond donors (Lipinski definition) is 1. The normalized spacial score (nSPS) is 12.5. The van der Waals surface area contributed by atoms with E-state index in [1.54, 1.807) is 0 Å². The minimum Gasteiger partial charge on any atom is -0.467 e. The van der Waals surface area contributed by atoms with Crippen molar-refractivity contribution in [2.75, 3.05) is 17.9 Å². The van der Waals surface area contributed by atoms with Crippen LogP contribution in [0.3, 0.4) is 0 Å². The molecule has 1 aromatic carbocycles. The molecule has 1 heterocycles. The van der Waals surface area contributed by atoms with Crippen LogP contribution in [0.2, 0.25) is 15.1 Å². The molecule has 0 aliphatic heterocycles. The van der Waals surface area contributed by atoms with E-state index in [4.69, 9.17) is 34.8 Å². The Balaban J connectivity index is 2.54. The Labute approximate surface area is 185 Å². The number of hydrogen-bond acceptors (Lipinski definition) is 6. The highest BCUT2D eigenvalue weighted by Crippen LogP contribution is 2.37. The van der Waals surface area contributed by atoms with Crippen molar-refractivity contribution in [1.29, 1.82) is 0 Å². The zero-order valence-electron chi connectivity index (χ0n) is 14.5. The summed E-state index contributed by atoms with van der Waals surface area (Å²) in [5.74, 6) is -2.43. The van der Waals surface area contributed by atoms with Gasteiger partial charge in [0.05, 0.1) is 20.8 Å². The van der Waals surface area contributed by atoms with E-state index in [9.17, 15) is 34.8 Å². The van der Waals surface area contributed by atoms with Gasteiger partial charge in [0.1, 0.15) is 6.33 Å². The van der Waals surface area contributed by atoms with Crippen molar-refractivity contribution >= 4 is 50.5 Å². The monoisotopic (exact) mass is 533 g/mol. The lowest BCUT2D eigenvalue weighted by Gasteiger charge is -2.17. The molecular weight excluding hydrogens is 527 g/mol. The number of nitrogens with one attached hydrogen (secondary N) is 1. The van der Waals surface area contributed by atoms with Gasteiger partial charge in [-0.15, -0.1) is 0 Å². The van der Waals surface area contributed by atoms with Crippen LogP contribution in [0.25, 0.3) is 0 Å². The van der Waals surface area contributed by atoms with Crippen molar-refractivity contribution < 1.29 is 44.2 Å². The van der Waals surface area contributed by atoms with E-state index in [2.05, 4.69) is 19.4 Å². The van der Waals surface area contributed by atoms with Gasteiger partial charge in [0.15, 0.2) is 13.2 Å². The average Bonchev–Trinajstić information content (AvgIpc) is 2.61. The Kier molecular flexibility index (Phi) is 7.61. The summed E-state index contributed by atoms with van der Waals surface area (Å²) in [7, 11) is -5.01. The first-order chi connectivity index (χ1) is 14.1. The Morgan fingerprint density at radius 2 is 1.29 bits per heavy atom. The summed E-state index contributed by atoms with van der Waals surface area (Å²) in [5, 5.41) is -0.499. The highest BCUT2D eigenvalue weighted by Gasteiger charge is 2.35. The van der Waals surface area contributed by atoms with Crippen molar-refractivity contribution in [3.63, 3.8) is 0 Å². The van der Waals surface area contributed by atoms with Crippen LogP contribution in [0.15, 0.2) is 23.4 Å². The van der Waals surface area contributed by atoms with Gasteiger partial charge in [-0.1, -0.05) is 34.8 Å². The summed E-state index contributed by atoms with van der Waals surface area (Å²) >= 11 is 17.4. The molecule has 0 bridgehead atoms. The summed E-state index contributed by atoms with van der Waals surface area (Å²) in [6.45, 7) is -4.00. The zero-order chi connectivity index (χ0) is 23.6. The van der Waals surface area contributed by atoms with Gasteiger partial charge in [0, 0.05) is 0 Å². The lowest BCUT2D eigenvalue weighted by Crippen LogP contribution is -2.24. The lowest BCUT2D eigenvalue weighted by atomic mass is 10.3. The molecule has 0 saturated heterocycles.